The van der Waals surface area contributed by atoms with E-state index in [9.17, 15) is 31.9 Å². The summed E-state index contributed by atoms with van der Waals surface area (Å²) >= 11 is 5.67. The molecular formula is C31H27ClF5N3O4. The summed E-state index contributed by atoms with van der Waals surface area (Å²) in [6, 6.07) is 8.44. The van der Waals surface area contributed by atoms with Crippen LogP contribution in [0.15, 0.2) is 42.5 Å². The third-order valence-corrected chi connectivity index (χ3v) is 8.51. The highest BCUT2D eigenvalue weighted by molar-refractivity contribution is 6.30. The molecule has 0 saturated carbocycles. The normalized spacial score (nSPS) is 18.7. The minimum Gasteiger partial charge on any atom is -0.488 e. The second-order valence-corrected chi connectivity index (χ2v) is 11.4. The van der Waals surface area contributed by atoms with Crippen molar-refractivity contribution in [1.29, 1.82) is 0 Å². The first-order valence-corrected chi connectivity index (χ1v) is 14.3. The van der Waals surface area contributed by atoms with Crippen LogP contribution in [0.3, 0.4) is 0 Å². The lowest BCUT2D eigenvalue weighted by molar-refractivity contribution is -0.139. The molecule has 13 heteroatoms. The fraction of sp³-hybridized carbons (Fsp3) is 0.355. The molecule has 2 aliphatic rings. The second-order valence-electron chi connectivity index (χ2n) is 11.0. The zero-order valence-electron chi connectivity index (χ0n) is 23.4. The minimum atomic E-state index is -4.76. The summed E-state index contributed by atoms with van der Waals surface area (Å²) in [5.41, 5.74) is 0.952. The van der Waals surface area contributed by atoms with E-state index in [1.54, 1.807) is 12.1 Å². The third-order valence-electron chi connectivity index (χ3n) is 8.29. The number of benzene rings is 3. The number of halogens is 6. The second kappa shape index (κ2) is 11.6. The summed E-state index contributed by atoms with van der Waals surface area (Å²) < 4.78 is 83.9. The van der Waals surface area contributed by atoms with Crippen molar-refractivity contribution in [2.75, 3.05) is 13.2 Å². The van der Waals surface area contributed by atoms with Crippen LogP contribution in [0.2, 0.25) is 5.02 Å². The molecule has 232 valence electrons. The molecule has 0 radical (unpaired) electrons. The maximum atomic E-state index is 14.3. The van der Waals surface area contributed by atoms with E-state index in [0.29, 0.717) is 60.6 Å². The van der Waals surface area contributed by atoms with Crippen molar-refractivity contribution in [3.05, 3.63) is 92.8 Å². The molecule has 4 aromatic rings. The highest BCUT2D eigenvalue weighted by Crippen LogP contribution is 2.42. The van der Waals surface area contributed by atoms with Crippen molar-refractivity contribution in [3.63, 3.8) is 0 Å². The van der Waals surface area contributed by atoms with Gasteiger partial charge in [0.15, 0.2) is 0 Å². The molecule has 2 aliphatic heterocycles. The van der Waals surface area contributed by atoms with Crippen LogP contribution < -0.4 is 4.74 Å². The van der Waals surface area contributed by atoms with Crippen molar-refractivity contribution >= 4 is 28.6 Å². The Labute approximate surface area is 253 Å². The number of imidazole rings is 1. The average Bonchev–Trinajstić information content (AvgIpc) is 3.26. The highest BCUT2D eigenvalue weighted by Gasteiger charge is 2.37. The fourth-order valence-electron chi connectivity index (χ4n) is 5.76. The molecule has 0 amide bonds. The smallest absolute Gasteiger partial charge is 0.419 e. The van der Waals surface area contributed by atoms with Crippen LogP contribution in [0.4, 0.5) is 22.0 Å². The number of hydrogen-bond donors (Lipinski definition) is 1. The molecule has 1 aromatic heterocycles. The molecule has 0 bridgehead atoms. The summed E-state index contributed by atoms with van der Waals surface area (Å²) in [6.07, 6.45) is -3.61. The summed E-state index contributed by atoms with van der Waals surface area (Å²) in [5.74, 6) is -2.96. The van der Waals surface area contributed by atoms with Crippen molar-refractivity contribution in [1.82, 2.24) is 14.5 Å². The summed E-state index contributed by atoms with van der Waals surface area (Å²) in [7, 11) is 0. The molecule has 0 aliphatic carbocycles. The van der Waals surface area contributed by atoms with E-state index in [-0.39, 0.29) is 22.7 Å². The van der Waals surface area contributed by atoms with E-state index >= 15 is 0 Å². The van der Waals surface area contributed by atoms with Crippen molar-refractivity contribution < 1.29 is 41.3 Å². The van der Waals surface area contributed by atoms with Gasteiger partial charge in [0.2, 0.25) is 0 Å². The molecule has 1 N–H and O–H groups in total. The van der Waals surface area contributed by atoms with E-state index in [1.807, 2.05) is 11.5 Å². The quantitative estimate of drug-likeness (QED) is 0.207. The van der Waals surface area contributed by atoms with E-state index in [4.69, 9.17) is 26.1 Å². The van der Waals surface area contributed by atoms with E-state index in [2.05, 4.69) is 4.90 Å². The number of carboxylic acid groups (broad SMARTS) is 1. The number of ether oxygens (including phenoxy) is 2. The molecule has 1 fully saturated rings. The molecular weight excluding hydrogens is 609 g/mol. The lowest BCUT2D eigenvalue weighted by Gasteiger charge is -2.36. The Kier molecular flexibility index (Phi) is 8.02. The fourth-order valence-corrected chi connectivity index (χ4v) is 5.95. The van der Waals surface area contributed by atoms with Crippen molar-refractivity contribution in [2.24, 2.45) is 0 Å². The Balaban J connectivity index is 1.31. The van der Waals surface area contributed by atoms with Gasteiger partial charge in [0.05, 0.1) is 46.9 Å². The van der Waals surface area contributed by atoms with Gasteiger partial charge in [-0.1, -0.05) is 11.6 Å². The number of aromatic nitrogens is 2. The first kappa shape index (κ1) is 30.3. The van der Waals surface area contributed by atoms with Crippen molar-refractivity contribution in [3.8, 4) is 5.75 Å². The molecule has 6 rings (SSSR count). The largest absolute Gasteiger partial charge is 0.488 e. The van der Waals surface area contributed by atoms with Crippen LogP contribution in [0.25, 0.3) is 11.0 Å². The number of carboxylic acids is 1. The number of alkyl halides is 3. The first-order valence-electron chi connectivity index (χ1n) is 14.0. The Bertz CT molecular complexity index is 1730. The molecule has 2 atom stereocenters. The first-order chi connectivity index (χ1) is 20.9. The number of carbonyl (C=O) groups is 1. The number of rotatable bonds is 8. The average molecular weight is 636 g/mol. The lowest BCUT2D eigenvalue weighted by atomic mass is 9.91. The molecule has 0 spiro atoms. The summed E-state index contributed by atoms with van der Waals surface area (Å²) in [4.78, 5) is 18.5. The van der Waals surface area contributed by atoms with Crippen LogP contribution in [0, 0.1) is 11.6 Å². The Morgan fingerprint density at radius 2 is 1.89 bits per heavy atom. The standard InChI is InChI=1S/C31H27ClF5N3O4/c1-16-21-12-28(44-15-22-24(33)10-19(32)11-25(22)34)23(31(35,36)37)8-17(21)4-6-39(16)14-29-38-26-3-2-18(30(41)42)9-27(26)40(29)13-20-5-7-43-20/h2-3,8-12,16,20H,4-7,13-15H2,1H3,(H,41,42)/t16-,20-/m0/s1. The summed E-state index contributed by atoms with van der Waals surface area (Å²) in [5, 5.41) is 9.34. The zero-order valence-corrected chi connectivity index (χ0v) is 24.2. The number of hydrogen-bond acceptors (Lipinski definition) is 5. The van der Waals surface area contributed by atoms with Gasteiger partial charge in [0.1, 0.15) is 29.8 Å². The molecule has 7 nitrogen and oxygen atoms in total. The number of aromatic carboxylic acids is 1. The molecule has 3 aromatic carbocycles. The summed E-state index contributed by atoms with van der Waals surface area (Å²) in [6.45, 7) is 3.00. The van der Waals surface area contributed by atoms with Gasteiger partial charge in [-0.25, -0.2) is 18.6 Å². The van der Waals surface area contributed by atoms with E-state index in [0.717, 1.165) is 24.6 Å². The van der Waals surface area contributed by atoms with Gasteiger partial charge in [0.25, 0.3) is 0 Å². The SMILES string of the molecule is C[C@H]1c2cc(OCc3c(F)cc(Cl)cc3F)c(C(F)(F)F)cc2CCN1Cc1nc2ccc(C(=O)O)cc2n1C[C@@H]1CCO1. The van der Waals surface area contributed by atoms with Crippen LogP contribution >= 0.6 is 11.6 Å². The van der Waals surface area contributed by atoms with Crippen LogP contribution in [0.5, 0.6) is 5.75 Å². The molecule has 1 saturated heterocycles. The third kappa shape index (κ3) is 5.85. The Morgan fingerprint density at radius 3 is 2.52 bits per heavy atom. The van der Waals surface area contributed by atoms with Crippen LogP contribution in [0.1, 0.15) is 57.8 Å². The van der Waals surface area contributed by atoms with Crippen molar-refractivity contribution in [2.45, 2.75) is 57.8 Å². The predicted molar refractivity (Wildman–Crippen MR) is 151 cm³/mol. The maximum absolute atomic E-state index is 14.3. The van der Waals surface area contributed by atoms with Crippen LogP contribution in [-0.4, -0.2) is 44.8 Å². The highest BCUT2D eigenvalue weighted by atomic mass is 35.5. The molecule has 0 unspecified atom stereocenters. The van der Waals surface area contributed by atoms with Gasteiger partial charge in [-0.15, -0.1) is 0 Å². The maximum Gasteiger partial charge on any atom is 0.419 e. The molecule has 44 heavy (non-hydrogen) atoms. The van der Waals surface area contributed by atoms with Gasteiger partial charge in [0, 0.05) is 24.2 Å². The number of nitrogens with zero attached hydrogens (tertiary/aromatic N) is 3. The topological polar surface area (TPSA) is 76.8 Å². The predicted octanol–water partition coefficient (Wildman–Crippen LogP) is 7.17. The van der Waals surface area contributed by atoms with Gasteiger partial charge >= 0.3 is 12.1 Å². The lowest BCUT2D eigenvalue weighted by Crippen LogP contribution is -2.36. The van der Waals surface area contributed by atoms with E-state index < -0.39 is 47.3 Å². The van der Waals surface area contributed by atoms with Gasteiger partial charge in [-0.2, -0.15) is 13.2 Å². The van der Waals surface area contributed by atoms with Gasteiger partial charge in [-0.05, 0) is 73.4 Å². The Hall–Kier alpha value is -3.74. The Morgan fingerprint density at radius 1 is 1.16 bits per heavy atom. The van der Waals surface area contributed by atoms with E-state index in [1.165, 1.54) is 12.1 Å². The minimum absolute atomic E-state index is 0.0325. The van der Waals surface area contributed by atoms with Gasteiger partial charge < -0.3 is 19.1 Å². The number of fused-ring (bicyclic) bond motifs is 2. The van der Waals surface area contributed by atoms with Gasteiger partial charge in [-0.3, -0.25) is 4.90 Å². The van der Waals surface area contributed by atoms with Crippen LogP contribution in [-0.2, 0) is 37.0 Å². The molecule has 3 heterocycles. The zero-order chi connectivity index (χ0) is 31.3. The monoisotopic (exact) mass is 635 g/mol.